The van der Waals surface area contributed by atoms with Crippen LogP contribution in [0.1, 0.15) is 49.7 Å². The summed E-state index contributed by atoms with van der Waals surface area (Å²) in [6, 6.07) is 6.73. The van der Waals surface area contributed by atoms with Crippen molar-refractivity contribution in [1.82, 2.24) is 0 Å². The molecule has 0 saturated heterocycles. The number of rotatable bonds is 2. The summed E-state index contributed by atoms with van der Waals surface area (Å²) in [6.07, 6.45) is 7.23. The fourth-order valence-electron chi connectivity index (χ4n) is 4.36. The fourth-order valence-corrected chi connectivity index (χ4v) is 4.85. The van der Waals surface area contributed by atoms with Crippen LogP contribution in [0.15, 0.2) is 18.2 Å². The normalized spacial score (nSPS) is 31.9. The van der Waals surface area contributed by atoms with E-state index < -0.39 is 5.60 Å². The van der Waals surface area contributed by atoms with Crippen LogP contribution < -0.4 is 5.73 Å². The second-order valence-electron chi connectivity index (χ2n) is 6.16. The molecule has 3 N–H and O–H groups in total. The minimum absolute atomic E-state index is 0. The lowest BCUT2D eigenvalue weighted by molar-refractivity contribution is -0.0862. The molecule has 0 amide bonds. The molecule has 0 aromatic heterocycles. The molecule has 1 saturated carbocycles. The van der Waals surface area contributed by atoms with Crippen LogP contribution in [-0.2, 0) is 11.8 Å². The van der Waals surface area contributed by atoms with Gasteiger partial charge in [0.05, 0.1) is 5.60 Å². The highest BCUT2D eigenvalue weighted by Gasteiger charge is 2.54. The van der Waals surface area contributed by atoms with Crippen molar-refractivity contribution in [2.45, 2.75) is 56.0 Å². The van der Waals surface area contributed by atoms with Crippen molar-refractivity contribution in [3.8, 4) is 0 Å². The van der Waals surface area contributed by atoms with E-state index in [1.807, 2.05) is 0 Å². The van der Waals surface area contributed by atoms with E-state index in [4.69, 9.17) is 5.73 Å². The van der Waals surface area contributed by atoms with Crippen molar-refractivity contribution >= 4 is 35.0 Å². The van der Waals surface area contributed by atoms with Crippen LogP contribution in [0.3, 0.4) is 0 Å². The molecule has 2 aliphatic carbocycles. The third-order valence-corrected chi connectivity index (χ3v) is 5.97. The Morgan fingerprint density at radius 3 is 2.70 bits per heavy atom. The number of aryl methyl sites for hydroxylation is 1. The van der Waals surface area contributed by atoms with Crippen molar-refractivity contribution in [1.29, 1.82) is 0 Å². The second-order valence-corrected chi connectivity index (χ2v) is 7.41. The van der Waals surface area contributed by atoms with Crippen LogP contribution in [0.5, 0.6) is 0 Å². The van der Waals surface area contributed by atoms with Gasteiger partial charge in [0.2, 0.25) is 0 Å². The Morgan fingerprint density at radius 2 is 1.95 bits per heavy atom. The van der Waals surface area contributed by atoms with E-state index in [0.29, 0.717) is 6.54 Å². The Hall–Kier alpha value is 0.160. The molecule has 2 nitrogen and oxygen atoms in total. The summed E-state index contributed by atoms with van der Waals surface area (Å²) < 4.78 is 1.27. The van der Waals surface area contributed by atoms with Gasteiger partial charge in [-0.25, -0.2) is 0 Å². The molecule has 0 bridgehead atoms. The van der Waals surface area contributed by atoms with Gasteiger partial charge in [-0.2, -0.15) is 0 Å². The maximum absolute atomic E-state index is 11.3. The lowest BCUT2D eigenvalue weighted by atomic mass is 9.53. The van der Waals surface area contributed by atoms with Crippen molar-refractivity contribution in [3.63, 3.8) is 0 Å². The summed E-state index contributed by atoms with van der Waals surface area (Å²) >= 11 is 2.38. The maximum Gasteiger partial charge on any atom is 0.0747 e. The van der Waals surface area contributed by atoms with Gasteiger partial charge in [0.1, 0.15) is 0 Å². The lowest BCUT2D eigenvalue weighted by Crippen LogP contribution is -2.57. The van der Waals surface area contributed by atoms with Crippen molar-refractivity contribution in [2.75, 3.05) is 6.54 Å². The third kappa shape index (κ3) is 2.40. The van der Waals surface area contributed by atoms with E-state index in [9.17, 15) is 5.11 Å². The Morgan fingerprint density at radius 1 is 1.20 bits per heavy atom. The van der Waals surface area contributed by atoms with Crippen molar-refractivity contribution in [2.24, 2.45) is 5.73 Å². The molecule has 1 aromatic carbocycles. The van der Waals surface area contributed by atoms with E-state index in [1.165, 1.54) is 21.1 Å². The third-order valence-electron chi connectivity index (χ3n) is 5.30. The molecule has 112 valence electrons. The van der Waals surface area contributed by atoms with Gasteiger partial charge in [0.15, 0.2) is 0 Å². The molecule has 0 aliphatic heterocycles. The summed E-state index contributed by atoms with van der Waals surface area (Å²) in [5, 5.41) is 11.3. The van der Waals surface area contributed by atoms with Crippen LogP contribution in [0.25, 0.3) is 0 Å². The summed E-state index contributed by atoms with van der Waals surface area (Å²) in [5.41, 5.74) is 8.11. The van der Waals surface area contributed by atoms with Crippen LogP contribution in [-0.4, -0.2) is 17.3 Å². The first-order valence-electron chi connectivity index (χ1n) is 7.33. The zero-order chi connectivity index (χ0) is 13.5. The Kier molecular flexibility index (Phi) is 5.05. The predicted molar refractivity (Wildman–Crippen MR) is 93.5 cm³/mol. The SMILES string of the molecule is Cl.NCC[C@@]12CCCC[C@]1(O)CCc1ccc(I)cc12. The zero-order valence-corrected chi connectivity index (χ0v) is 14.7. The summed E-state index contributed by atoms with van der Waals surface area (Å²) in [7, 11) is 0. The van der Waals surface area contributed by atoms with Gasteiger partial charge in [0.25, 0.3) is 0 Å². The maximum atomic E-state index is 11.3. The smallest absolute Gasteiger partial charge is 0.0747 e. The largest absolute Gasteiger partial charge is 0.389 e. The second kappa shape index (κ2) is 6.11. The van der Waals surface area contributed by atoms with Crippen molar-refractivity contribution in [3.05, 3.63) is 32.9 Å². The monoisotopic (exact) mass is 407 g/mol. The predicted octanol–water partition coefficient (Wildman–Crippen LogP) is 3.55. The molecule has 2 aliphatic rings. The number of aliphatic hydroxyl groups is 1. The highest BCUT2D eigenvalue weighted by atomic mass is 127. The first kappa shape index (κ1) is 16.5. The lowest BCUT2D eigenvalue weighted by Gasteiger charge is -2.54. The molecular formula is C16H23ClINO. The fraction of sp³-hybridized carbons (Fsp3) is 0.625. The van der Waals surface area contributed by atoms with Gasteiger partial charge in [-0.1, -0.05) is 18.9 Å². The molecule has 0 spiro atoms. The van der Waals surface area contributed by atoms with Crippen molar-refractivity contribution < 1.29 is 5.11 Å². The summed E-state index contributed by atoms with van der Waals surface area (Å²) in [4.78, 5) is 0. The van der Waals surface area contributed by atoms with Gasteiger partial charge in [-0.15, -0.1) is 12.4 Å². The standard InChI is InChI=1S/C16H22INO.ClH/c17-13-4-3-12-5-8-16(19)7-2-1-6-15(16,9-10-18)14(12)11-13;/h3-4,11,19H,1-2,5-10,18H2;1H/t15-,16+;/m1./s1. The summed E-state index contributed by atoms with van der Waals surface area (Å²) in [6.45, 7) is 0.660. The highest BCUT2D eigenvalue weighted by Crippen LogP contribution is 2.54. The number of hydrogen-bond donors (Lipinski definition) is 2. The first-order valence-corrected chi connectivity index (χ1v) is 8.41. The summed E-state index contributed by atoms with van der Waals surface area (Å²) in [5.74, 6) is 0. The van der Waals surface area contributed by atoms with Gasteiger partial charge in [-0.3, -0.25) is 0 Å². The number of benzene rings is 1. The number of fused-ring (bicyclic) bond motifs is 3. The van der Waals surface area contributed by atoms with Gasteiger partial charge in [0, 0.05) is 8.99 Å². The first-order chi connectivity index (χ1) is 9.11. The number of halogens is 2. The molecule has 0 radical (unpaired) electrons. The Balaban J connectivity index is 0.00000147. The van der Waals surface area contributed by atoms with Gasteiger partial charge < -0.3 is 10.8 Å². The van der Waals surface area contributed by atoms with E-state index in [-0.39, 0.29) is 17.8 Å². The molecule has 0 unspecified atom stereocenters. The molecule has 2 atom stereocenters. The average molecular weight is 408 g/mol. The molecule has 1 aromatic rings. The molecule has 1 fully saturated rings. The quantitative estimate of drug-likeness (QED) is 0.737. The molecule has 0 heterocycles. The number of hydrogen-bond acceptors (Lipinski definition) is 2. The zero-order valence-electron chi connectivity index (χ0n) is 11.7. The van der Waals surface area contributed by atoms with E-state index in [0.717, 1.165) is 38.5 Å². The average Bonchev–Trinajstić information content (AvgIpc) is 2.40. The minimum Gasteiger partial charge on any atom is -0.389 e. The topological polar surface area (TPSA) is 46.2 Å². The van der Waals surface area contributed by atoms with Gasteiger partial charge >= 0.3 is 0 Å². The molecule has 3 rings (SSSR count). The number of nitrogens with two attached hydrogens (primary N) is 1. The van der Waals surface area contributed by atoms with Crippen LogP contribution >= 0.6 is 35.0 Å². The van der Waals surface area contributed by atoms with Gasteiger partial charge in [-0.05, 0) is 84.5 Å². The van der Waals surface area contributed by atoms with Crippen LogP contribution in [0.2, 0.25) is 0 Å². The minimum atomic E-state index is -0.526. The molecule has 4 heteroatoms. The van der Waals surface area contributed by atoms with E-state index >= 15 is 0 Å². The highest BCUT2D eigenvalue weighted by molar-refractivity contribution is 14.1. The van der Waals surface area contributed by atoms with E-state index in [2.05, 4.69) is 40.8 Å². The van der Waals surface area contributed by atoms with Crippen LogP contribution in [0, 0.1) is 3.57 Å². The molecular weight excluding hydrogens is 385 g/mol. The van der Waals surface area contributed by atoms with Crippen LogP contribution in [0.4, 0.5) is 0 Å². The Labute approximate surface area is 141 Å². The Bertz CT molecular complexity index is 491. The molecule has 20 heavy (non-hydrogen) atoms. The van der Waals surface area contributed by atoms with E-state index in [1.54, 1.807) is 0 Å².